The van der Waals surface area contributed by atoms with Gasteiger partial charge in [0.25, 0.3) is 0 Å². The molecule has 0 spiro atoms. The van der Waals surface area contributed by atoms with Gasteiger partial charge in [0.05, 0.1) is 11.9 Å². The summed E-state index contributed by atoms with van der Waals surface area (Å²) in [6.45, 7) is 0.501. The average molecular weight is 401 g/mol. The van der Waals surface area contributed by atoms with Gasteiger partial charge in [0.15, 0.2) is 0 Å². The van der Waals surface area contributed by atoms with Crippen molar-refractivity contribution in [2.24, 2.45) is 0 Å². The Labute approximate surface area is 170 Å². The highest BCUT2D eigenvalue weighted by Crippen LogP contribution is 2.40. The second-order valence-electron chi connectivity index (χ2n) is 7.36. The van der Waals surface area contributed by atoms with Crippen molar-refractivity contribution in [2.45, 2.75) is 50.7 Å². The molecule has 4 nitrogen and oxygen atoms in total. The summed E-state index contributed by atoms with van der Waals surface area (Å²) >= 11 is 1.24. The smallest absolute Gasteiger partial charge is 0.313 e. The van der Waals surface area contributed by atoms with Crippen molar-refractivity contribution < 1.29 is 19.7 Å². The first-order chi connectivity index (χ1) is 13.6. The fourth-order valence-electron chi connectivity index (χ4n) is 3.82. The van der Waals surface area contributed by atoms with Crippen LogP contribution in [0.25, 0.3) is 0 Å². The first-order valence-corrected chi connectivity index (χ1v) is 11.0. The van der Waals surface area contributed by atoms with Crippen LogP contribution in [0.2, 0.25) is 0 Å². The number of aliphatic hydroxyl groups is 1. The zero-order chi connectivity index (χ0) is 19.8. The van der Waals surface area contributed by atoms with Gasteiger partial charge in [0.1, 0.15) is 12.4 Å². The molecule has 0 saturated heterocycles. The van der Waals surface area contributed by atoms with E-state index in [0.717, 1.165) is 16.9 Å². The van der Waals surface area contributed by atoms with Crippen molar-refractivity contribution in [3.05, 3.63) is 65.2 Å². The average Bonchev–Trinajstić information content (AvgIpc) is 3.22. The molecule has 5 heteroatoms. The monoisotopic (exact) mass is 400 g/mol. The van der Waals surface area contributed by atoms with Crippen molar-refractivity contribution in [1.82, 2.24) is 0 Å². The molecule has 0 aromatic heterocycles. The van der Waals surface area contributed by atoms with Gasteiger partial charge in [-0.3, -0.25) is 4.79 Å². The van der Waals surface area contributed by atoms with Crippen molar-refractivity contribution in [3.8, 4) is 5.75 Å². The molecule has 1 fully saturated rings. The number of carbonyl (C=O) groups is 1. The standard InChI is InChI=1S/C23H28O4S/c24-20(15-28-16-22(25)26)13-19-11-6-12-21(18-9-4-5-10-18)23(19)27-14-17-7-2-1-3-8-17/h1-3,6-8,11-12,18,20,24H,4-5,9-10,13-16H2,(H,25,26). The quantitative estimate of drug-likeness (QED) is 0.608. The number of hydrogen-bond acceptors (Lipinski definition) is 4. The zero-order valence-corrected chi connectivity index (χ0v) is 16.9. The Balaban J connectivity index is 1.75. The number of carboxylic acids is 1. The number of ether oxygens (including phenoxy) is 1. The molecule has 0 radical (unpaired) electrons. The summed E-state index contributed by atoms with van der Waals surface area (Å²) in [5.41, 5.74) is 3.37. The third-order valence-corrected chi connectivity index (χ3v) is 6.21. The van der Waals surface area contributed by atoms with Gasteiger partial charge in [-0.05, 0) is 35.4 Å². The van der Waals surface area contributed by atoms with E-state index in [2.05, 4.69) is 24.3 Å². The summed E-state index contributed by atoms with van der Waals surface area (Å²) < 4.78 is 6.30. The zero-order valence-electron chi connectivity index (χ0n) is 16.0. The molecule has 2 N–H and O–H groups in total. The normalized spacial score (nSPS) is 15.5. The van der Waals surface area contributed by atoms with Crippen LogP contribution in [0, 0.1) is 0 Å². The summed E-state index contributed by atoms with van der Waals surface area (Å²) in [6, 6.07) is 16.3. The van der Waals surface area contributed by atoms with E-state index < -0.39 is 12.1 Å². The lowest BCUT2D eigenvalue weighted by Crippen LogP contribution is -2.16. The van der Waals surface area contributed by atoms with Gasteiger partial charge < -0.3 is 14.9 Å². The van der Waals surface area contributed by atoms with E-state index >= 15 is 0 Å². The number of aliphatic carboxylic acids is 1. The van der Waals surface area contributed by atoms with Gasteiger partial charge >= 0.3 is 5.97 Å². The number of aliphatic hydroxyl groups excluding tert-OH is 1. The Kier molecular flexibility index (Phi) is 7.80. The minimum absolute atomic E-state index is 0.0105. The summed E-state index contributed by atoms with van der Waals surface area (Å²) in [4.78, 5) is 10.7. The minimum atomic E-state index is -0.854. The number of rotatable bonds is 10. The molecule has 1 saturated carbocycles. The van der Waals surface area contributed by atoms with Crippen LogP contribution in [0.4, 0.5) is 0 Å². The molecule has 3 rings (SSSR count). The fourth-order valence-corrected chi connectivity index (χ4v) is 4.51. The maximum absolute atomic E-state index is 10.7. The van der Waals surface area contributed by atoms with E-state index in [1.165, 1.54) is 43.0 Å². The summed E-state index contributed by atoms with van der Waals surface area (Å²) in [5, 5.41) is 19.2. The third-order valence-electron chi connectivity index (χ3n) is 5.14. The van der Waals surface area contributed by atoms with E-state index in [-0.39, 0.29) is 5.75 Å². The van der Waals surface area contributed by atoms with Crippen molar-refractivity contribution in [2.75, 3.05) is 11.5 Å². The van der Waals surface area contributed by atoms with E-state index in [1.807, 2.05) is 24.3 Å². The van der Waals surface area contributed by atoms with Crippen molar-refractivity contribution in [1.29, 1.82) is 0 Å². The predicted octanol–water partition coefficient (Wildman–Crippen LogP) is 4.64. The second kappa shape index (κ2) is 10.5. The fraction of sp³-hybridized carbons (Fsp3) is 0.435. The van der Waals surface area contributed by atoms with Crippen LogP contribution >= 0.6 is 11.8 Å². The number of thioether (sulfide) groups is 1. The lowest BCUT2D eigenvalue weighted by molar-refractivity contribution is -0.133. The molecule has 2 aromatic rings. The highest BCUT2D eigenvalue weighted by molar-refractivity contribution is 7.99. The van der Waals surface area contributed by atoms with Crippen LogP contribution in [0.1, 0.15) is 48.3 Å². The van der Waals surface area contributed by atoms with Crippen LogP contribution in [-0.4, -0.2) is 33.8 Å². The molecule has 1 aliphatic rings. The minimum Gasteiger partial charge on any atom is -0.488 e. The lowest BCUT2D eigenvalue weighted by Gasteiger charge is -2.21. The van der Waals surface area contributed by atoms with E-state index in [0.29, 0.717) is 24.7 Å². The highest BCUT2D eigenvalue weighted by Gasteiger charge is 2.23. The van der Waals surface area contributed by atoms with E-state index in [4.69, 9.17) is 9.84 Å². The van der Waals surface area contributed by atoms with Crippen molar-refractivity contribution in [3.63, 3.8) is 0 Å². The summed E-state index contributed by atoms with van der Waals surface area (Å²) in [7, 11) is 0. The number of carboxylic acid groups (broad SMARTS) is 1. The molecule has 1 atom stereocenters. The van der Waals surface area contributed by atoms with Gasteiger partial charge in [-0.1, -0.05) is 61.4 Å². The Bertz CT molecular complexity index is 756. The molecule has 0 amide bonds. The first kappa shape index (κ1) is 20.7. The summed E-state index contributed by atoms with van der Waals surface area (Å²) in [6.07, 6.45) is 4.74. The van der Waals surface area contributed by atoms with Gasteiger partial charge in [-0.2, -0.15) is 0 Å². The van der Waals surface area contributed by atoms with Crippen LogP contribution < -0.4 is 4.74 Å². The van der Waals surface area contributed by atoms with Crippen LogP contribution in [0.5, 0.6) is 5.75 Å². The number of benzene rings is 2. The van der Waals surface area contributed by atoms with E-state index in [1.54, 1.807) is 0 Å². The molecule has 1 unspecified atom stereocenters. The second-order valence-corrected chi connectivity index (χ2v) is 8.39. The van der Waals surface area contributed by atoms with Gasteiger partial charge in [-0.15, -0.1) is 11.8 Å². The molecule has 1 aliphatic carbocycles. The summed E-state index contributed by atoms with van der Waals surface area (Å²) in [5.74, 6) is 0.978. The Hall–Kier alpha value is -1.98. The molecular weight excluding hydrogens is 372 g/mol. The van der Waals surface area contributed by atoms with E-state index in [9.17, 15) is 9.90 Å². The van der Waals surface area contributed by atoms with Gasteiger partial charge in [0.2, 0.25) is 0 Å². The Morgan fingerprint density at radius 1 is 1.11 bits per heavy atom. The highest BCUT2D eigenvalue weighted by atomic mass is 32.2. The molecule has 0 aliphatic heterocycles. The Morgan fingerprint density at radius 3 is 2.57 bits per heavy atom. The molecule has 0 bridgehead atoms. The van der Waals surface area contributed by atoms with Crippen LogP contribution in [-0.2, 0) is 17.8 Å². The largest absolute Gasteiger partial charge is 0.488 e. The maximum atomic E-state index is 10.7. The van der Waals surface area contributed by atoms with Crippen molar-refractivity contribution >= 4 is 17.7 Å². The van der Waals surface area contributed by atoms with Gasteiger partial charge in [-0.25, -0.2) is 0 Å². The SMILES string of the molecule is O=C(O)CSCC(O)Cc1cccc(C2CCCC2)c1OCc1ccccc1. The lowest BCUT2D eigenvalue weighted by atomic mass is 9.93. The molecule has 2 aromatic carbocycles. The molecule has 150 valence electrons. The molecular formula is C23H28O4S. The number of para-hydroxylation sites is 1. The molecule has 0 heterocycles. The van der Waals surface area contributed by atoms with Crippen LogP contribution in [0.15, 0.2) is 48.5 Å². The third kappa shape index (κ3) is 6.01. The van der Waals surface area contributed by atoms with Crippen LogP contribution in [0.3, 0.4) is 0 Å². The topological polar surface area (TPSA) is 66.8 Å². The first-order valence-electron chi connectivity index (χ1n) is 9.89. The molecule has 28 heavy (non-hydrogen) atoms. The number of hydrogen-bond donors (Lipinski definition) is 2. The Morgan fingerprint density at radius 2 is 1.86 bits per heavy atom. The maximum Gasteiger partial charge on any atom is 0.313 e. The van der Waals surface area contributed by atoms with Gasteiger partial charge in [0, 0.05) is 12.2 Å². The predicted molar refractivity (Wildman–Crippen MR) is 113 cm³/mol.